The van der Waals surface area contributed by atoms with Crippen molar-refractivity contribution in [3.63, 3.8) is 0 Å². The lowest BCUT2D eigenvalue weighted by molar-refractivity contribution is -0.149. The summed E-state index contributed by atoms with van der Waals surface area (Å²) in [6.07, 6.45) is -1.39. The molecule has 0 spiro atoms. The zero-order valence-electron chi connectivity index (χ0n) is 16.0. The Morgan fingerprint density at radius 3 is 2.43 bits per heavy atom. The van der Waals surface area contributed by atoms with Crippen LogP contribution in [-0.4, -0.2) is 44.7 Å². The monoisotopic (exact) mass is 475 g/mol. The molecule has 0 radical (unpaired) electrons. The highest BCUT2D eigenvalue weighted by Crippen LogP contribution is 2.25. The molecule has 0 aliphatic carbocycles. The number of aliphatic hydroxyl groups excluding tert-OH is 1. The van der Waals surface area contributed by atoms with Gasteiger partial charge in [-0.25, -0.2) is 13.2 Å². The van der Waals surface area contributed by atoms with Crippen molar-refractivity contribution < 1.29 is 32.6 Å². The molecule has 11 heteroatoms. The molecule has 2 unspecified atom stereocenters. The van der Waals surface area contributed by atoms with Gasteiger partial charge in [-0.1, -0.05) is 35.3 Å². The maximum atomic E-state index is 12.6. The lowest BCUT2D eigenvalue weighted by Crippen LogP contribution is -2.48. The number of methoxy groups -OCH3 is 1. The number of rotatable bonds is 8. The predicted octanol–water partition coefficient (Wildman–Crippen LogP) is 2.55. The highest BCUT2D eigenvalue weighted by atomic mass is 35.5. The zero-order chi connectivity index (χ0) is 22.5. The van der Waals surface area contributed by atoms with Gasteiger partial charge in [-0.3, -0.25) is 4.79 Å². The first-order valence-electron chi connectivity index (χ1n) is 8.54. The van der Waals surface area contributed by atoms with Gasteiger partial charge < -0.3 is 14.6 Å². The minimum atomic E-state index is -4.21. The van der Waals surface area contributed by atoms with E-state index in [1.54, 1.807) is 12.1 Å². The summed E-state index contributed by atoms with van der Waals surface area (Å²) in [5.74, 6) is -1.56. The van der Waals surface area contributed by atoms with E-state index in [-0.39, 0.29) is 27.1 Å². The molecule has 0 fully saturated rings. The van der Waals surface area contributed by atoms with E-state index < -0.39 is 34.1 Å². The molecule has 0 saturated heterocycles. The van der Waals surface area contributed by atoms with E-state index >= 15 is 0 Å². The van der Waals surface area contributed by atoms with Crippen LogP contribution in [0, 0.1) is 0 Å². The molecule has 2 rings (SSSR count). The van der Waals surface area contributed by atoms with Gasteiger partial charge in [-0.05, 0) is 42.8 Å². The summed E-state index contributed by atoms with van der Waals surface area (Å²) in [5.41, 5.74) is 0.737. The van der Waals surface area contributed by atoms with Crippen LogP contribution in [0.5, 0.6) is 0 Å². The van der Waals surface area contributed by atoms with Crippen molar-refractivity contribution in [2.45, 2.75) is 30.6 Å². The number of sulfonamides is 1. The highest BCUT2D eigenvalue weighted by molar-refractivity contribution is 7.89. The van der Waals surface area contributed by atoms with Crippen LogP contribution in [0.25, 0.3) is 0 Å². The summed E-state index contributed by atoms with van der Waals surface area (Å²) in [5, 5.41) is 10.1. The average molecular weight is 476 g/mol. The van der Waals surface area contributed by atoms with E-state index in [4.69, 9.17) is 27.9 Å². The smallest absolute Gasteiger partial charge is 0.337 e. The molecular weight excluding hydrogens is 457 g/mol. The fourth-order valence-corrected chi connectivity index (χ4v) is 4.02. The van der Waals surface area contributed by atoms with Gasteiger partial charge in [0.05, 0.1) is 33.7 Å². The summed E-state index contributed by atoms with van der Waals surface area (Å²) in [4.78, 5) is 23.8. The van der Waals surface area contributed by atoms with Gasteiger partial charge >= 0.3 is 11.9 Å². The molecule has 0 aromatic heterocycles. The van der Waals surface area contributed by atoms with Gasteiger partial charge in [0.15, 0.2) is 0 Å². The Morgan fingerprint density at radius 2 is 1.83 bits per heavy atom. The number of ether oxygens (including phenoxy) is 2. The molecule has 2 atom stereocenters. The van der Waals surface area contributed by atoms with Gasteiger partial charge in [0.2, 0.25) is 10.0 Å². The third-order valence-corrected chi connectivity index (χ3v) is 6.13. The Labute approximate surface area is 183 Å². The molecule has 8 nitrogen and oxygen atoms in total. The number of halogens is 2. The average Bonchev–Trinajstić information content (AvgIpc) is 2.71. The van der Waals surface area contributed by atoms with Crippen LogP contribution in [0.1, 0.15) is 22.8 Å². The van der Waals surface area contributed by atoms with Gasteiger partial charge in [-0.15, -0.1) is 0 Å². The molecule has 0 aliphatic heterocycles. The van der Waals surface area contributed by atoms with Crippen molar-refractivity contribution in [3.8, 4) is 0 Å². The molecule has 0 bridgehead atoms. The van der Waals surface area contributed by atoms with Crippen molar-refractivity contribution in [1.82, 2.24) is 4.72 Å². The van der Waals surface area contributed by atoms with Crippen LogP contribution in [0.15, 0.2) is 47.4 Å². The number of aliphatic hydroxyl groups is 1. The predicted molar refractivity (Wildman–Crippen MR) is 110 cm³/mol. The minimum absolute atomic E-state index is 0.0150. The maximum Gasteiger partial charge on any atom is 0.337 e. The standard InChI is InChI=1S/C19H19Cl2NO7S/c1-11(23)17(22-30(26,27)14-6-7-15(20)16(21)9-14)19(25)29-10-12-4-3-5-13(8-12)18(24)28-2/h3-9,11,17,22-23H,10H2,1-2H3. The van der Waals surface area contributed by atoms with E-state index in [1.165, 1.54) is 38.3 Å². The largest absolute Gasteiger partial charge is 0.465 e. The molecular formula is C19H19Cl2NO7S. The van der Waals surface area contributed by atoms with Crippen LogP contribution in [-0.2, 0) is 30.9 Å². The first-order valence-corrected chi connectivity index (χ1v) is 10.8. The van der Waals surface area contributed by atoms with Gasteiger partial charge in [0, 0.05) is 0 Å². The Morgan fingerprint density at radius 1 is 1.13 bits per heavy atom. The first-order chi connectivity index (χ1) is 14.0. The molecule has 0 aliphatic rings. The van der Waals surface area contributed by atoms with Crippen LogP contribution < -0.4 is 4.72 Å². The van der Waals surface area contributed by atoms with Crippen molar-refractivity contribution in [1.29, 1.82) is 0 Å². The van der Waals surface area contributed by atoms with Crippen LogP contribution >= 0.6 is 23.2 Å². The van der Waals surface area contributed by atoms with Crippen molar-refractivity contribution >= 4 is 45.2 Å². The zero-order valence-corrected chi connectivity index (χ0v) is 18.3. The van der Waals surface area contributed by atoms with E-state index in [9.17, 15) is 23.1 Å². The number of nitrogens with one attached hydrogen (secondary N) is 1. The quantitative estimate of drug-likeness (QED) is 0.562. The molecule has 2 N–H and O–H groups in total. The van der Waals surface area contributed by atoms with E-state index in [0.717, 1.165) is 6.07 Å². The van der Waals surface area contributed by atoms with E-state index in [2.05, 4.69) is 9.46 Å². The summed E-state index contributed by atoms with van der Waals surface area (Å²) in [7, 11) is -2.97. The number of esters is 2. The third-order valence-electron chi connectivity index (χ3n) is 3.95. The number of hydrogen-bond donors (Lipinski definition) is 2. The SMILES string of the molecule is COC(=O)c1cccc(COC(=O)C(NS(=O)(=O)c2ccc(Cl)c(Cl)c2)C(C)O)c1. The second-order valence-electron chi connectivity index (χ2n) is 6.22. The maximum absolute atomic E-state index is 12.6. The molecule has 2 aromatic carbocycles. The second kappa shape index (κ2) is 10.2. The lowest BCUT2D eigenvalue weighted by Gasteiger charge is -2.20. The van der Waals surface area contributed by atoms with Crippen LogP contribution in [0.2, 0.25) is 10.0 Å². The fourth-order valence-electron chi connectivity index (χ4n) is 2.37. The highest BCUT2D eigenvalue weighted by Gasteiger charge is 2.31. The van der Waals surface area contributed by atoms with Crippen molar-refractivity contribution in [3.05, 3.63) is 63.6 Å². The minimum Gasteiger partial charge on any atom is -0.465 e. The summed E-state index contributed by atoms with van der Waals surface area (Å²) < 4.78 is 37.0. The van der Waals surface area contributed by atoms with Gasteiger partial charge in [0.25, 0.3) is 0 Å². The van der Waals surface area contributed by atoms with Crippen LogP contribution in [0.4, 0.5) is 0 Å². The number of carbonyl (C=O) groups excluding carboxylic acids is 2. The van der Waals surface area contributed by atoms with Gasteiger partial charge in [-0.2, -0.15) is 4.72 Å². The topological polar surface area (TPSA) is 119 Å². The van der Waals surface area contributed by atoms with Crippen LogP contribution in [0.3, 0.4) is 0 Å². The lowest BCUT2D eigenvalue weighted by atomic mass is 10.1. The molecule has 30 heavy (non-hydrogen) atoms. The summed E-state index contributed by atoms with van der Waals surface area (Å²) in [6.45, 7) is 0.989. The summed E-state index contributed by atoms with van der Waals surface area (Å²) >= 11 is 11.6. The summed E-state index contributed by atoms with van der Waals surface area (Å²) in [6, 6.07) is 8.23. The van der Waals surface area contributed by atoms with E-state index in [1.807, 2.05) is 0 Å². The van der Waals surface area contributed by atoms with Crippen molar-refractivity contribution in [2.75, 3.05) is 7.11 Å². The first kappa shape index (κ1) is 24.1. The van der Waals surface area contributed by atoms with E-state index in [0.29, 0.717) is 5.56 Å². The Kier molecular flexibility index (Phi) is 8.22. The fraction of sp³-hybridized carbons (Fsp3) is 0.263. The van der Waals surface area contributed by atoms with Crippen molar-refractivity contribution in [2.24, 2.45) is 0 Å². The number of carbonyl (C=O) groups is 2. The third kappa shape index (κ3) is 6.16. The number of benzene rings is 2. The molecule has 162 valence electrons. The normalized spacial score (nSPS) is 13.4. The molecule has 2 aromatic rings. The molecule has 0 saturated carbocycles. The Balaban J connectivity index is 2.13. The van der Waals surface area contributed by atoms with Gasteiger partial charge in [0.1, 0.15) is 12.6 Å². The second-order valence-corrected chi connectivity index (χ2v) is 8.74. The Bertz CT molecular complexity index is 1040. The molecule has 0 amide bonds. The Hall–Kier alpha value is -2.17. The number of hydrogen-bond acceptors (Lipinski definition) is 7. The molecule has 0 heterocycles.